The minimum Gasteiger partial charge on any atom is -0.493 e. The van der Waals surface area contributed by atoms with Crippen molar-refractivity contribution in [3.05, 3.63) is 24.5 Å². The van der Waals surface area contributed by atoms with E-state index < -0.39 is 0 Å². The highest BCUT2D eigenvalue weighted by Crippen LogP contribution is 2.06. The maximum Gasteiger partial charge on any atom is 0.223 e. The van der Waals surface area contributed by atoms with Crippen molar-refractivity contribution in [2.24, 2.45) is 5.73 Å². The first-order chi connectivity index (χ1) is 10.1. The van der Waals surface area contributed by atoms with Gasteiger partial charge in [-0.1, -0.05) is 6.92 Å². The standard InChI is InChI=1S/C15H24N4O2/c1-2-9-19-10-5-13(6-11-19)21-12-7-15(20)18-8-3-4-14(16)17/h5-6,10-11H,2-4,7-9,12H2,1H3,(H3-,16,17,18,20)/p+1. The number of carbonyl (C=O) groups is 1. The molecule has 4 N–H and O–H groups in total. The molecule has 1 heterocycles. The molecule has 0 radical (unpaired) electrons. The molecular weight excluding hydrogens is 268 g/mol. The van der Waals surface area contributed by atoms with Crippen LogP contribution in [0.1, 0.15) is 32.6 Å². The van der Waals surface area contributed by atoms with Crippen molar-refractivity contribution in [2.45, 2.75) is 39.2 Å². The lowest BCUT2D eigenvalue weighted by Gasteiger charge is -2.06. The monoisotopic (exact) mass is 293 g/mol. The molecule has 6 nitrogen and oxygen atoms in total. The Morgan fingerprint density at radius 3 is 2.71 bits per heavy atom. The third-order valence-corrected chi connectivity index (χ3v) is 2.89. The van der Waals surface area contributed by atoms with E-state index in [4.69, 9.17) is 15.9 Å². The molecule has 1 aromatic rings. The molecular formula is C15H25N4O2+. The van der Waals surface area contributed by atoms with Crippen molar-refractivity contribution in [2.75, 3.05) is 13.2 Å². The number of hydrogen-bond acceptors (Lipinski definition) is 3. The molecule has 0 aromatic carbocycles. The van der Waals surface area contributed by atoms with Crippen LogP contribution in [0.3, 0.4) is 0 Å². The Morgan fingerprint density at radius 1 is 1.38 bits per heavy atom. The Kier molecular flexibility index (Phi) is 7.86. The largest absolute Gasteiger partial charge is 0.493 e. The van der Waals surface area contributed by atoms with Gasteiger partial charge in [-0.15, -0.1) is 0 Å². The first-order valence-electron chi connectivity index (χ1n) is 7.33. The van der Waals surface area contributed by atoms with Crippen molar-refractivity contribution >= 4 is 11.7 Å². The lowest BCUT2D eigenvalue weighted by molar-refractivity contribution is -0.697. The summed E-state index contributed by atoms with van der Waals surface area (Å²) in [4.78, 5) is 11.5. The van der Waals surface area contributed by atoms with E-state index in [-0.39, 0.29) is 11.7 Å². The first-order valence-corrected chi connectivity index (χ1v) is 7.33. The molecule has 0 fully saturated rings. The maximum absolute atomic E-state index is 11.5. The molecule has 0 unspecified atom stereocenters. The van der Waals surface area contributed by atoms with E-state index in [1.807, 2.05) is 24.5 Å². The number of nitrogens with one attached hydrogen (secondary N) is 2. The van der Waals surface area contributed by atoms with Crippen LogP contribution in [0.25, 0.3) is 0 Å². The van der Waals surface area contributed by atoms with Crippen LogP contribution < -0.4 is 20.4 Å². The Balaban J connectivity index is 2.14. The van der Waals surface area contributed by atoms with Gasteiger partial charge >= 0.3 is 0 Å². The molecule has 0 atom stereocenters. The average Bonchev–Trinajstić information content (AvgIpc) is 2.46. The third-order valence-electron chi connectivity index (χ3n) is 2.89. The second kappa shape index (κ2) is 9.74. The quantitative estimate of drug-likeness (QED) is 0.260. The van der Waals surface area contributed by atoms with Crippen LogP contribution in [0.4, 0.5) is 0 Å². The molecule has 6 heteroatoms. The number of amides is 1. The number of nitrogens with zero attached hydrogens (tertiary/aromatic N) is 1. The molecule has 0 saturated carbocycles. The highest BCUT2D eigenvalue weighted by molar-refractivity contribution is 5.77. The summed E-state index contributed by atoms with van der Waals surface area (Å²) in [5.41, 5.74) is 5.23. The highest BCUT2D eigenvalue weighted by atomic mass is 16.5. The summed E-state index contributed by atoms with van der Waals surface area (Å²) < 4.78 is 7.62. The van der Waals surface area contributed by atoms with Crippen molar-refractivity contribution in [1.29, 1.82) is 5.41 Å². The second-order valence-corrected chi connectivity index (χ2v) is 4.85. The molecule has 21 heavy (non-hydrogen) atoms. The molecule has 0 bridgehead atoms. The lowest BCUT2D eigenvalue weighted by atomic mass is 10.3. The number of hydrogen-bond donors (Lipinski definition) is 3. The number of pyridine rings is 1. The van der Waals surface area contributed by atoms with Gasteiger partial charge in [-0.25, -0.2) is 4.57 Å². The smallest absolute Gasteiger partial charge is 0.223 e. The van der Waals surface area contributed by atoms with Gasteiger partial charge < -0.3 is 15.8 Å². The molecule has 0 aliphatic carbocycles. The van der Waals surface area contributed by atoms with Crippen molar-refractivity contribution in [3.8, 4) is 5.75 Å². The van der Waals surface area contributed by atoms with E-state index in [0.29, 0.717) is 32.4 Å². The number of rotatable bonds is 10. The highest BCUT2D eigenvalue weighted by Gasteiger charge is 2.03. The van der Waals surface area contributed by atoms with E-state index in [1.54, 1.807) is 0 Å². The van der Waals surface area contributed by atoms with Gasteiger partial charge in [-0.05, 0) is 6.42 Å². The number of aryl methyl sites for hydroxylation is 1. The molecule has 0 aliphatic heterocycles. The third kappa shape index (κ3) is 7.91. The van der Waals surface area contributed by atoms with Crippen LogP contribution in [0.5, 0.6) is 5.75 Å². The fourth-order valence-electron chi connectivity index (χ4n) is 1.80. The van der Waals surface area contributed by atoms with Crippen molar-refractivity contribution < 1.29 is 14.1 Å². The van der Waals surface area contributed by atoms with Gasteiger partial charge in [0, 0.05) is 31.5 Å². The van der Waals surface area contributed by atoms with Gasteiger partial charge in [0.2, 0.25) is 5.91 Å². The topological polar surface area (TPSA) is 92.1 Å². The van der Waals surface area contributed by atoms with E-state index >= 15 is 0 Å². The van der Waals surface area contributed by atoms with Crippen LogP contribution in [0.2, 0.25) is 0 Å². The summed E-state index contributed by atoms with van der Waals surface area (Å²) in [6.07, 6.45) is 6.57. The summed E-state index contributed by atoms with van der Waals surface area (Å²) in [5.74, 6) is 0.874. The molecule has 1 amide bonds. The summed E-state index contributed by atoms with van der Waals surface area (Å²) in [5, 5.41) is 9.85. The molecule has 1 rings (SSSR count). The molecule has 0 spiro atoms. The fraction of sp³-hybridized carbons (Fsp3) is 0.533. The normalized spacial score (nSPS) is 10.1. The summed E-state index contributed by atoms with van der Waals surface area (Å²) >= 11 is 0. The van der Waals surface area contributed by atoms with E-state index in [9.17, 15) is 4.79 Å². The average molecular weight is 293 g/mol. The minimum absolute atomic E-state index is 0.0458. The van der Waals surface area contributed by atoms with E-state index in [0.717, 1.165) is 18.7 Å². The number of carbonyl (C=O) groups excluding carboxylic acids is 1. The number of ether oxygens (including phenoxy) is 1. The Labute approximate surface area is 125 Å². The van der Waals surface area contributed by atoms with E-state index in [1.165, 1.54) is 0 Å². The molecule has 0 saturated heterocycles. The predicted octanol–water partition coefficient (Wildman–Crippen LogP) is 0.985. The summed E-state index contributed by atoms with van der Waals surface area (Å²) in [6, 6.07) is 3.81. The summed E-state index contributed by atoms with van der Waals surface area (Å²) in [6.45, 7) is 4.02. The number of aromatic nitrogens is 1. The van der Waals surface area contributed by atoms with Crippen molar-refractivity contribution in [1.82, 2.24) is 5.32 Å². The molecule has 116 valence electrons. The van der Waals surface area contributed by atoms with Crippen LogP contribution in [-0.2, 0) is 11.3 Å². The van der Waals surface area contributed by atoms with Crippen LogP contribution in [-0.4, -0.2) is 24.9 Å². The van der Waals surface area contributed by atoms with Gasteiger partial charge in [-0.3, -0.25) is 10.2 Å². The summed E-state index contributed by atoms with van der Waals surface area (Å²) in [7, 11) is 0. The van der Waals surface area contributed by atoms with Gasteiger partial charge in [0.1, 0.15) is 12.3 Å². The second-order valence-electron chi connectivity index (χ2n) is 4.85. The lowest BCUT2D eigenvalue weighted by Crippen LogP contribution is -2.32. The maximum atomic E-state index is 11.5. The zero-order valence-corrected chi connectivity index (χ0v) is 12.6. The number of nitrogens with two attached hydrogens (primary N) is 1. The van der Waals surface area contributed by atoms with Crippen molar-refractivity contribution in [3.63, 3.8) is 0 Å². The Hall–Kier alpha value is -2.11. The van der Waals surface area contributed by atoms with Gasteiger partial charge in [0.25, 0.3) is 0 Å². The minimum atomic E-state index is -0.0458. The van der Waals surface area contributed by atoms with Gasteiger partial charge in [-0.2, -0.15) is 0 Å². The van der Waals surface area contributed by atoms with Gasteiger partial charge in [0.05, 0.1) is 18.9 Å². The van der Waals surface area contributed by atoms with Crippen LogP contribution in [0, 0.1) is 5.41 Å². The molecule has 1 aromatic heterocycles. The van der Waals surface area contributed by atoms with Gasteiger partial charge in [0.15, 0.2) is 12.4 Å². The van der Waals surface area contributed by atoms with Crippen LogP contribution >= 0.6 is 0 Å². The Bertz CT molecular complexity index is 445. The first kappa shape index (κ1) is 16.9. The zero-order valence-electron chi connectivity index (χ0n) is 12.6. The fourth-order valence-corrected chi connectivity index (χ4v) is 1.80. The van der Waals surface area contributed by atoms with Crippen LogP contribution in [0.15, 0.2) is 24.5 Å². The Morgan fingerprint density at radius 2 is 2.10 bits per heavy atom. The zero-order chi connectivity index (χ0) is 15.5. The van der Waals surface area contributed by atoms with E-state index in [2.05, 4.69) is 16.8 Å². The number of amidine groups is 1. The predicted molar refractivity (Wildman–Crippen MR) is 81.2 cm³/mol. The SMILES string of the molecule is CCC[n+]1ccc(OCCC(=O)NCCCC(=N)N)cc1. The molecule has 0 aliphatic rings.